The Kier molecular flexibility index (Phi) is 9.99. The number of hydrogen-bond donors (Lipinski definition) is 0. The molecule has 98 valence electrons. The average Bonchev–Trinajstić information content (AvgIpc) is 2.17. The van der Waals surface area contributed by atoms with Crippen molar-refractivity contribution in [3.8, 4) is 0 Å². The summed E-state index contributed by atoms with van der Waals surface area (Å²) in [6.45, 7) is 12.4. The second-order valence-corrected chi connectivity index (χ2v) is 4.57. The van der Waals surface area contributed by atoms with Crippen molar-refractivity contribution in [2.75, 3.05) is 19.8 Å². The summed E-state index contributed by atoms with van der Waals surface area (Å²) >= 11 is 0. The lowest BCUT2D eigenvalue weighted by Gasteiger charge is -2.18. The SMILES string of the molecule is CCCCOC(C)COCC(C)OC(C)C. The fourth-order valence-corrected chi connectivity index (χ4v) is 1.38. The van der Waals surface area contributed by atoms with Crippen molar-refractivity contribution in [3.05, 3.63) is 0 Å². The van der Waals surface area contributed by atoms with E-state index in [9.17, 15) is 0 Å². The van der Waals surface area contributed by atoms with E-state index in [2.05, 4.69) is 6.92 Å². The molecule has 0 spiro atoms. The van der Waals surface area contributed by atoms with Crippen LogP contribution in [0.1, 0.15) is 47.5 Å². The van der Waals surface area contributed by atoms with Crippen LogP contribution in [0.3, 0.4) is 0 Å². The van der Waals surface area contributed by atoms with Crippen LogP contribution in [0.4, 0.5) is 0 Å². The largest absolute Gasteiger partial charge is 0.376 e. The first-order chi connectivity index (χ1) is 7.56. The zero-order valence-corrected chi connectivity index (χ0v) is 11.5. The van der Waals surface area contributed by atoms with Gasteiger partial charge in [-0.3, -0.25) is 0 Å². The molecule has 0 aliphatic carbocycles. The van der Waals surface area contributed by atoms with E-state index in [4.69, 9.17) is 14.2 Å². The third-order valence-electron chi connectivity index (χ3n) is 2.11. The van der Waals surface area contributed by atoms with E-state index < -0.39 is 0 Å². The van der Waals surface area contributed by atoms with Gasteiger partial charge in [0.1, 0.15) is 0 Å². The Morgan fingerprint density at radius 3 is 2.12 bits per heavy atom. The Hall–Kier alpha value is -0.120. The normalized spacial score (nSPS) is 15.4. The van der Waals surface area contributed by atoms with E-state index in [1.807, 2.05) is 27.7 Å². The molecule has 0 aromatic carbocycles. The minimum atomic E-state index is 0.155. The predicted octanol–water partition coefficient (Wildman–Crippen LogP) is 3.02. The molecule has 0 aliphatic heterocycles. The van der Waals surface area contributed by atoms with E-state index >= 15 is 0 Å². The fraction of sp³-hybridized carbons (Fsp3) is 1.00. The van der Waals surface area contributed by atoms with E-state index in [-0.39, 0.29) is 18.3 Å². The van der Waals surface area contributed by atoms with Crippen LogP contribution in [0.5, 0.6) is 0 Å². The van der Waals surface area contributed by atoms with Crippen molar-refractivity contribution in [1.82, 2.24) is 0 Å². The van der Waals surface area contributed by atoms with Crippen LogP contribution < -0.4 is 0 Å². The summed E-state index contributed by atoms with van der Waals surface area (Å²) in [7, 11) is 0. The lowest BCUT2D eigenvalue weighted by molar-refractivity contribution is -0.0615. The maximum atomic E-state index is 5.58. The number of ether oxygens (including phenoxy) is 3. The van der Waals surface area contributed by atoms with Gasteiger partial charge in [-0.05, 0) is 34.1 Å². The highest BCUT2D eigenvalue weighted by atomic mass is 16.6. The molecule has 0 saturated heterocycles. The van der Waals surface area contributed by atoms with Crippen molar-refractivity contribution < 1.29 is 14.2 Å². The molecule has 2 atom stereocenters. The van der Waals surface area contributed by atoms with Gasteiger partial charge in [0, 0.05) is 6.61 Å². The molecule has 0 aromatic rings. The van der Waals surface area contributed by atoms with Gasteiger partial charge in [-0.15, -0.1) is 0 Å². The Balaban J connectivity index is 3.35. The quantitative estimate of drug-likeness (QED) is 0.542. The molecule has 3 heteroatoms. The number of hydrogen-bond acceptors (Lipinski definition) is 3. The predicted molar refractivity (Wildman–Crippen MR) is 66.8 cm³/mol. The Morgan fingerprint density at radius 1 is 0.938 bits per heavy atom. The molecule has 0 saturated carbocycles. The molecule has 16 heavy (non-hydrogen) atoms. The second-order valence-electron chi connectivity index (χ2n) is 4.57. The third-order valence-corrected chi connectivity index (χ3v) is 2.11. The lowest BCUT2D eigenvalue weighted by atomic mass is 10.3. The number of unbranched alkanes of at least 4 members (excludes halogenated alkanes) is 1. The minimum Gasteiger partial charge on any atom is -0.376 e. The van der Waals surface area contributed by atoms with Crippen LogP contribution in [0, 0.1) is 0 Å². The van der Waals surface area contributed by atoms with E-state index in [1.165, 1.54) is 6.42 Å². The molecule has 2 unspecified atom stereocenters. The molecule has 0 amide bonds. The molecule has 0 heterocycles. The van der Waals surface area contributed by atoms with Crippen molar-refractivity contribution in [2.45, 2.75) is 65.8 Å². The molecule has 0 radical (unpaired) electrons. The monoisotopic (exact) mass is 232 g/mol. The van der Waals surface area contributed by atoms with Gasteiger partial charge in [0.15, 0.2) is 0 Å². The molecule has 0 bridgehead atoms. The summed E-state index contributed by atoms with van der Waals surface area (Å²) in [5, 5.41) is 0. The summed E-state index contributed by atoms with van der Waals surface area (Å²) in [5.74, 6) is 0. The summed E-state index contributed by atoms with van der Waals surface area (Å²) < 4.78 is 16.7. The van der Waals surface area contributed by atoms with Gasteiger partial charge in [-0.2, -0.15) is 0 Å². The van der Waals surface area contributed by atoms with Crippen molar-refractivity contribution >= 4 is 0 Å². The maximum Gasteiger partial charge on any atom is 0.0783 e. The van der Waals surface area contributed by atoms with Crippen LogP contribution in [-0.2, 0) is 14.2 Å². The maximum absolute atomic E-state index is 5.58. The summed E-state index contributed by atoms with van der Waals surface area (Å²) in [6, 6.07) is 0. The first kappa shape index (κ1) is 15.9. The van der Waals surface area contributed by atoms with Gasteiger partial charge in [0.2, 0.25) is 0 Å². The second kappa shape index (κ2) is 10.1. The van der Waals surface area contributed by atoms with Crippen LogP contribution in [-0.4, -0.2) is 38.1 Å². The third kappa shape index (κ3) is 10.4. The van der Waals surface area contributed by atoms with Gasteiger partial charge < -0.3 is 14.2 Å². The Labute approximate surface area is 100 Å². The molecule has 0 fully saturated rings. The van der Waals surface area contributed by atoms with Gasteiger partial charge in [0.25, 0.3) is 0 Å². The average molecular weight is 232 g/mol. The Morgan fingerprint density at radius 2 is 1.56 bits per heavy atom. The molecular formula is C13H28O3. The first-order valence-electron chi connectivity index (χ1n) is 6.41. The topological polar surface area (TPSA) is 27.7 Å². The van der Waals surface area contributed by atoms with Crippen LogP contribution in [0.15, 0.2) is 0 Å². The summed E-state index contributed by atoms with van der Waals surface area (Å²) in [5.41, 5.74) is 0. The van der Waals surface area contributed by atoms with Crippen LogP contribution >= 0.6 is 0 Å². The fourth-order valence-electron chi connectivity index (χ4n) is 1.38. The summed E-state index contributed by atoms with van der Waals surface area (Å²) in [6.07, 6.45) is 2.89. The van der Waals surface area contributed by atoms with Crippen molar-refractivity contribution in [3.63, 3.8) is 0 Å². The van der Waals surface area contributed by atoms with Crippen LogP contribution in [0.2, 0.25) is 0 Å². The zero-order chi connectivity index (χ0) is 12.4. The lowest BCUT2D eigenvalue weighted by Crippen LogP contribution is -2.24. The molecule has 3 nitrogen and oxygen atoms in total. The molecule has 0 rings (SSSR count). The minimum absolute atomic E-state index is 0.155. The molecule has 0 aliphatic rings. The standard InChI is InChI=1S/C13H28O3/c1-6-7-8-15-12(4)9-14-10-13(5)16-11(2)3/h11-13H,6-10H2,1-5H3. The highest BCUT2D eigenvalue weighted by molar-refractivity contribution is 4.52. The van der Waals surface area contributed by atoms with E-state index in [1.54, 1.807) is 0 Å². The van der Waals surface area contributed by atoms with E-state index in [0.29, 0.717) is 13.2 Å². The van der Waals surface area contributed by atoms with Gasteiger partial charge in [-0.1, -0.05) is 13.3 Å². The highest BCUT2D eigenvalue weighted by Crippen LogP contribution is 2.00. The molecule has 0 aromatic heterocycles. The van der Waals surface area contributed by atoms with Gasteiger partial charge in [0.05, 0.1) is 31.5 Å². The smallest absolute Gasteiger partial charge is 0.0783 e. The molecular weight excluding hydrogens is 204 g/mol. The van der Waals surface area contributed by atoms with Gasteiger partial charge in [-0.25, -0.2) is 0 Å². The van der Waals surface area contributed by atoms with E-state index in [0.717, 1.165) is 13.0 Å². The molecule has 0 N–H and O–H groups in total. The highest BCUT2D eigenvalue weighted by Gasteiger charge is 2.07. The van der Waals surface area contributed by atoms with Gasteiger partial charge >= 0.3 is 0 Å². The van der Waals surface area contributed by atoms with Crippen LogP contribution in [0.25, 0.3) is 0 Å². The Bertz CT molecular complexity index is 148. The van der Waals surface area contributed by atoms with Crippen molar-refractivity contribution in [1.29, 1.82) is 0 Å². The summed E-state index contributed by atoms with van der Waals surface area (Å²) in [4.78, 5) is 0. The first-order valence-corrected chi connectivity index (χ1v) is 6.41. The zero-order valence-electron chi connectivity index (χ0n) is 11.5. The number of rotatable bonds is 10. The van der Waals surface area contributed by atoms with Crippen molar-refractivity contribution in [2.24, 2.45) is 0 Å².